The van der Waals surface area contributed by atoms with E-state index >= 15 is 0 Å². The molecule has 0 heterocycles. The number of ketones is 3. The molecule has 53 heavy (non-hydrogen) atoms. The van der Waals surface area contributed by atoms with Gasteiger partial charge in [0.2, 0.25) is 11.8 Å². The molecule has 284 valence electrons. The highest BCUT2D eigenvalue weighted by Crippen LogP contribution is 2.47. The summed E-state index contributed by atoms with van der Waals surface area (Å²) in [7, 11) is 0. The molecule has 4 atom stereocenters. The predicted octanol–water partition coefficient (Wildman–Crippen LogP) is 7.99. The lowest BCUT2D eigenvalue weighted by molar-refractivity contribution is -0.135. The van der Waals surface area contributed by atoms with E-state index in [0.717, 1.165) is 35.1 Å². The van der Waals surface area contributed by atoms with Crippen molar-refractivity contribution < 1.29 is 24.0 Å². The van der Waals surface area contributed by atoms with Gasteiger partial charge in [0.25, 0.3) is 0 Å². The van der Waals surface area contributed by atoms with Crippen molar-refractivity contribution in [3.63, 3.8) is 0 Å². The maximum Gasteiger partial charge on any atom is 0.224 e. The largest absolute Gasteiger partial charge is 0.346 e. The van der Waals surface area contributed by atoms with Gasteiger partial charge in [-0.15, -0.1) is 0 Å². The third-order valence-electron chi connectivity index (χ3n) is 10.5. The molecule has 1 aliphatic rings. The molecular weight excluding hydrogens is 661 g/mol. The number of Topliss-reactive ketones (excluding diaryl/α,β-unsaturated/α-hetero) is 3. The van der Waals surface area contributed by atoms with Crippen LogP contribution in [-0.2, 0) is 43.2 Å². The van der Waals surface area contributed by atoms with Crippen molar-refractivity contribution in [2.45, 2.75) is 118 Å². The van der Waals surface area contributed by atoms with E-state index in [1.54, 1.807) is 0 Å². The zero-order valence-electron chi connectivity index (χ0n) is 32.7. The zero-order chi connectivity index (χ0) is 38.5. The molecule has 2 N–H and O–H groups in total. The molecule has 2 amide bonds. The number of hydrogen-bond acceptors (Lipinski definition) is 5. The van der Waals surface area contributed by atoms with Gasteiger partial charge < -0.3 is 10.6 Å². The fourth-order valence-corrected chi connectivity index (χ4v) is 7.01. The maximum atomic E-state index is 14.3. The monoisotopic (exact) mass is 720 g/mol. The second kappa shape index (κ2) is 19.6. The number of carbonyl (C=O) groups excluding carboxylic acids is 5. The highest BCUT2D eigenvalue weighted by molar-refractivity contribution is 5.97. The molecule has 0 saturated heterocycles. The molecule has 1 fully saturated rings. The van der Waals surface area contributed by atoms with Gasteiger partial charge in [-0.25, -0.2) is 0 Å². The molecule has 1 saturated carbocycles. The lowest BCUT2D eigenvalue weighted by atomic mass is 9.87. The summed E-state index contributed by atoms with van der Waals surface area (Å²) in [5.41, 5.74) is 3.61. The topological polar surface area (TPSA) is 109 Å². The molecular formula is C46H60N2O5. The Morgan fingerprint density at radius 2 is 1.17 bits per heavy atom. The third-order valence-corrected chi connectivity index (χ3v) is 10.5. The average molecular weight is 721 g/mol. The van der Waals surface area contributed by atoms with Crippen LogP contribution in [0, 0.1) is 36.0 Å². The van der Waals surface area contributed by atoms with Crippen molar-refractivity contribution in [2.75, 3.05) is 0 Å². The standard InChI is InChI=1S/C46H60N2O5/c1-31(2)25-40(47-44(52)37(22-21-34-13-9-7-10-14-34)29-39(49)28-36-19-17-33(5)18-20-36)42(50)30-38(27-35-15-11-8-12-16-35)45(53)48-41(26-32(3)4)43(51)46(6)23-24-46/h7-20,31-32,37-38,40-41H,21-30H2,1-6H3,(H,47,52)(H,48,53)/t37?,38-,40+,41+/m1/s1. The molecule has 0 aromatic heterocycles. The van der Waals surface area contributed by atoms with E-state index < -0.39 is 29.3 Å². The first-order valence-electron chi connectivity index (χ1n) is 19.5. The Hall–Kier alpha value is -4.39. The van der Waals surface area contributed by atoms with E-state index in [-0.39, 0.29) is 60.3 Å². The fraction of sp³-hybridized carbons (Fsp3) is 0.500. The van der Waals surface area contributed by atoms with Crippen molar-refractivity contribution >= 4 is 29.2 Å². The third kappa shape index (κ3) is 13.5. The molecule has 7 heteroatoms. The summed E-state index contributed by atoms with van der Waals surface area (Å²) in [4.78, 5) is 69.3. The van der Waals surface area contributed by atoms with Crippen LogP contribution in [0.25, 0.3) is 0 Å². The van der Waals surface area contributed by atoms with E-state index in [0.29, 0.717) is 32.1 Å². The van der Waals surface area contributed by atoms with Crippen molar-refractivity contribution in [2.24, 2.45) is 29.1 Å². The normalized spacial score (nSPS) is 15.6. The van der Waals surface area contributed by atoms with Crippen LogP contribution in [0.1, 0.15) is 102 Å². The van der Waals surface area contributed by atoms with E-state index in [1.165, 1.54) is 0 Å². The van der Waals surface area contributed by atoms with Gasteiger partial charge in [0, 0.05) is 36.5 Å². The summed E-state index contributed by atoms with van der Waals surface area (Å²) in [6.07, 6.45) is 4.21. The molecule has 1 aliphatic carbocycles. The fourth-order valence-electron chi connectivity index (χ4n) is 7.01. The smallest absolute Gasteiger partial charge is 0.224 e. The molecule has 4 rings (SSSR count). The Bertz CT molecular complexity index is 1660. The van der Waals surface area contributed by atoms with E-state index in [2.05, 4.69) is 10.6 Å². The number of amides is 2. The molecule has 0 bridgehead atoms. The van der Waals surface area contributed by atoms with Crippen LogP contribution >= 0.6 is 0 Å². The quantitative estimate of drug-likeness (QED) is 0.109. The van der Waals surface area contributed by atoms with E-state index in [1.807, 2.05) is 126 Å². The van der Waals surface area contributed by atoms with E-state index in [4.69, 9.17) is 0 Å². The van der Waals surface area contributed by atoms with Crippen LogP contribution in [0.2, 0.25) is 0 Å². The Labute approximate surface area is 317 Å². The highest BCUT2D eigenvalue weighted by Gasteiger charge is 2.48. The Morgan fingerprint density at radius 3 is 1.74 bits per heavy atom. The molecule has 0 radical (unpaired) electrons. The first-order chi connectivity index (χ1) is 25.2. The molecule has 0 aliphatic heterocycles. The van der Waals surface area contributed by atoms with Crippen LogP contribution < -0.4 is 10.6 Å². The molecule has 7 nitrogen and oxygen atoms in total. The van der Waals surface area contributed by atoms with Gasteiger partial charge in [-0.2, -0.15) is 0 Å². The number of nitrogens with one attached hydrogen (secondary N) is 2. The van der Waals surface area contributed by atoms with Gasteiger partial charge in [0.1, 0.15) is 5.78 Å². The van der Waals surface area contributed by atoms with Crippen LogP contribution in [0.5, 0.6) is 0 Å². The van der Waals surface area contributed by atoms with Gasteiger partial charge in [-0.05, 0) is 80.4 Å². The van der Waals surface area contributed by atoms with Crippen LogP contribution in [0.3, 0.4) is 0 Å². The van der Waals surface area contributed by atoms with Crippen molar-refractivity contribution in [1.82, 2.24) is 10.6 Å². The number of carbonyl (C=O) groups is 5. The van der Waals surface area contributed by atoms with Crippen LogP contribution in [0.4, 0.5) is 0 Å². The van der Waals surface area contributed by atoms with Crippen molar-refractivity contribution in [3.05, 3.63) is 107 Å². The number of rotatable bonds is 22. The van der Waals surface area contributed by atoms with Gasteiger partial charge >= 0.3 is 0 Å². The van der Waals surface area contributed by atoms with Gasteiger partial charge in [0.05, 0.1) is 12.1 Å². The minimum absolute atomic E-state index is 0.0287. The lowest BCUT2D eigenvalue weighted by Crippen LogP contribution is -2.49. The Kier molecular flexibility index (Phi) is 15.3. The number of aryl methyl sites for hydroxylation is 2. The van der Waals surface area contributed by atoms with Gasteiger partial charge in [-0.3, -0.25) is 24.0 Å². The minimum atomic E-state index is -0.821. The number of benzene rings is 3. The number of hydrogen-bond donors (Lipinski definition) is 2. The van der Waals surface area contributed by atoms with Gasteiger partial charge in [-0.1, -0.05) is 125 Å². The lowest BCUT2D eigenvalue weighted by Gasteiger charge is -2.27. The molecule has 0 spiro atoms. The Balaban J connectivity index is 1.53. The van der Waals surface area contributed by atoms with Gasteiger partial charge in [0.15, 0.2) is 11.6 Å². The summed E-state index contributed by atoms with van der Waals surface area (Å²) in [6.45, 7) is 12.0. The predicted molar refractivity (Wildman–Crippen MR) is 211 cm³/mol. The second-order valence-corrected chi connectivity index (χ2v) is 16.5. The highest BCUT2D eigenvalue weighted by atomic mass is 16.2. The van der Waals surface area contributed by atoms with Crippen LogP contribution in [-0.4, -0.2) is 41.2 Å². The zero-order valence-corrected chi connectivity index (χ0v) is 32.7. The second-order valence-electron chi connectivity index (χ2n) is 16.5. The first-order valence-corrected chi connectivity index (χ1v) is 19.5. The molecule has 1 unspecified atom stereocenters. The molecule has 3 aromatic carbocycles. The summed E-state index contributed by atoms with van der Waals surface area (Å²) in [5.74, 6) is -1.89. The molecule has 3 aromatic rings. The summed E-state index contributed by atoms with van der Waals surface area (Å²) in [5, 5.41) is 6.13. The van der Waals surface area contributed by atoms with E-state index in [9.17, 15) is 24.0 Å². The van der Waals surface area contributed by atoms with Crippen LogP contribution in [0.15, 0.2) is 84.9 Å². The average Bonchev–Trinajstić information content (AvgIpc) is 3.88. The van der Waals surface area contributed by atoms with Crippen molar-refractivity contribution in [3.8, 4) is 0 Å². The minimum Gasteiger partial charge on any atom is -0.346 e. The SMILES string of the molecule is Cc1ccc(CC(=O)CC(CCc2ccccc2)C(=O)N[C@@H](CC(C)C)C(=O)C[C@@H](Cc2ccccc2)C(=O)N[C@@H](CC(C)C)C(=O)C2(C)CC2)cc1. The Morgan fingerprint density at radius 1 is 0.642 bits per heavy atom. The first kappa shape index (κ1) is 41.4. The van der Waals surface area contributed by atoms with Crippen molar-refractivity contribution in [1.29, 1.82) is 0 Å². The maximum absolute atomic E-state index is 14.3. The summed E-state index contributed by atoms with van der Waals surface area (Å²) >= 11 is 0. The summed E-state index contributed by atoms with van der Waals surface area (Å²) in [6, 6.07) is 25.9. The summed E-state index contributed by atoms with van der Waals surface area (Å²) < 4.78 is 0.